The highest BCUT2D eigenvalue weighted by Gasteiger charge is 2.56. The Bertz CT molecular complexity index is 852. The van der Waals surface area contributed by atoms with E-state index in [9.17, 15) is 0 Å². The number of H-pyrrole nitrogens is 1. The van der Waals surface area contributed by atoms with Gasteiger partial charge in [0.25, 0.3) is 0 Å². The molecule has 1 aromatic heterocycles. The summed E-state index contributed by atoms with van der Waals surface area (Å²) in [6, 6.07) is 11.1. The zero-order valence-electron chi connectivity index (χ0n) is 15.5. The molecule has 1 saturated carbocycles. The van der Waals surface area contributed by atoms with Gasteiger partial charge in [0.05, 0.1) is 6.04 Å². The Balaban J connectivity index is 1.47. The van der Waals surface area contributed by atoms with Crippen molar-refractivity contribution in [3.05, 3.63) is 48.2 Å². The highest BCUT2D eigenvalue weighted by Crippen LogP contribution is 2.56. The lowest BCUT2D eigenvalue weighted by molar-refractivity contribution is -0.130. The average Bonchev–Trinajstić information content (AvgIpc) is 3.08. The van der Waals surface area contributed by atoms with Crippen LogP contribution < -0.4 is 0 Å². The van der Waals surface area contributed by atoms with Gasteiger partial charge >= 0.3 is 0 Å². The molecule has 3 nitrogen and oxygen atoms in total. The van der Waals surface area contributed by atoms with E-state index in [1.807, 2.05) is 0 Å². The predicted molar refractivity (Wildman–Crippen MR) is 106 cm³/mol. The molecule has 0 unspecified atom stereocenters. The van der Waals surface area contributed by atoms with E-state index in [4.69, 9.17) is 0 Å². The number of nitrogens with zero attached hydrogens (tertiary/aromatic N) is 2. The molecule has 136 valence electrons. The predicted octanol–water partition coefficient (Wildman–Crippen LogP) is 4.13. The summed E-state index contributed by atoms with van der Waals surface area (Å²) in [4.78, 5) is 9.54. The number of benzene rings is 1. The van der Waals surface area contributed by atoms with Crippen molar-refractivity contribution in [1.29, 1.82) is 0 Å². The maximum atomic E-state index is 4.04. The maximum absolute atomic E-state index is 4.04. The largest absolute Gasteiger partial charge is 0.357 e. The van der Waals surface area contributed by atoms with E-state index in [0.29, 0.717) is 6.04 Å². The van der Waals surface area contributed by atoms with Gasteiger partial charge in [-0.2, -0.15) is 0 Å². The van der Waals surface area contributed by atoms with Gasteiger partial charge in [-0.05, 0) is 62.1 Å². The van der Waals surface area contributed by atoms with E-state index in [0.717, 1.165) is 30.5 Å². The minimum atomic E-state index is 0.608. The molecular weight excluding hydrogens is 318 g/mol. The molecule has 0 radical (unpaired) electrons. The van der Waals surface area contributed by atoms with E-state index in [2.05, 4.69) is 51.7 Å². The number of aromatic nitrogens is 1. The van der Waals surface area contributed by atoms with Crippen molar-refractivity contribution in [2.75, 3.05) is 19.6 Å². The summed E-state index contributed by atoms with van der Waals surface area (Å²) >= 11 is 0. The topological polar surface area (TPSA) is 22.3 Å². The number of fused-ring (bicyclic) bond motifs is 4. The Hall–Kier alpha value is -1.58. The molecule has 1 N–H and O–H groups in total. The minimum absolute atomic E-state index is 0.608. The van der Waals surface area contributed by atoms with Gasteiger partial charge in [0.15, 0.2) is 0 Å². The van der Waals surface area contributed by atoms with Gasteiger partial charge in [-0.25, -0.2) is 0 Å². The lowest BCUT2D eigenvalue weighted by Crippen LogP contribution is -2.67. The molecule has 5 heterocycles. The van der Waals surface area contributed by atoms with Crippen LogP contribution in [-0.4, -0.2) is 46.5 Å². The van der Waals surface area contributed by atoms with Gasteiger partial charge in [-0.3, -0.25) is 9.80 Å². The Kier molecular flexibility index (Phi) is 3.40. The quantitative estimate of drug-likeness (QED) is 0.826. The lowest BCUT2D eigenvalue weighted by atomic mass is 9.60. The summed E-state index contributed by atoms with van der Waals surface area (Å²) in [7, 11) is 0. The van der Waals surface area contributed by atoms with E-state index >= 15 is 0 Å². The van der Waals surface area contributed by atoms with Gasteiger partial charge in [-0.15, -0.1) is 6.58 Å². The smallest absolute Gasteiger partial charge is 0.0547 e. The molecule has 7 rings (SSSR count). The van der Waals surface area contributed by atoms with Crippen molar-refractivity contribution in [3.63, 3.8) is 0 Å². The van der Waals surface area contributed by atoms with Crippen molar-refractivity contribution in [2.45, 2.75) is 50.2 Å². The Morgan fingerprint density at radius 2 is 2.04 bits per heavy atom. The maximum Gasteiger partial charge on any atom is 0.0547 e. The average molecular weight is 348 g/mol. The van der Waals surface area contributed by atoms with Crippen LogP contribution >= 0.6 is 0 Å². The first-order valence-electron chi connectivity index (χ1n) is 10.6. The van der Waals surface area contributed by atoms with Gasteiger partial charge in [0, 0.05) is 41.8 Å². The SMILES string of the molecule is C=CCN1CCC[C@@H]2[C@H]1[C@@H]1CC[C@@H]2N2CCc3c([nH]c4ccccc34)[C@@H]12. The monoisotopic (exact) mass is 347 g/mol. The van der Waals surface area contributed by atoms with Crippen LogP contribution in [-0.2, 0) is 6.42 Å². The summed E-state index contributed by atoms with van der Waals surface area (Å²) in [5, 5.41) is 1.46. The first-order chi connectivity index (χ1) is 12.9. The van der Waals surface area contributed by atoms with Crippen molar-refractivity contribution in [1.82, 2.24) is 14.8 Å². The molecule has 4 aliphatic heterocycles. The molecule has 5 atom stereocenters. The van der Waals surface area contributed by atoms with Crippen LogP contribution in [0.3, 0.4) is 0 Å². The van der Waals surface area contributed by atoms with Crippen LogP contribution in [0.4, 0.5) is 0 Å². The first kappa shape index (κ1) is 15.5. The summed E-state index contributed by atoms with van der Waals surface area (Å²) in [6.45, 7) is 7.63. The van der Waals surface area contributed by atoms with Gasteiger partial charge in [-0.1, -0.05) is 24.3 Å². The molecule has 3 heteroatoms. The summed E-state index contributed by atoms with van der Waals surface area (Å²) in [6.07, 6.45) is 8.95. The molecule has 3 saturated heterocycles. The molecule has 4 fully saturated rings. The second-order valence-electron chi connectivity index (χ2n) is 8.88. The van der Waals surface area contributed by atoms with Crippen LogP contribution in [0.1, 0.15) is 43.0 Å². The number of nitrogens with one attached hydrogen (secondary N) is 1. The van der Waals surface area contributed by atoms with Gasteiger partial charge in [0.1, 0.15) is 0 Å². The normalized spacial score (nSPS) is 36.5. The van der Waals surface area contributed by atoms with Crippen LogP contribution in [0, 0.1) is 11.8 Å². The fourth-order valence-electron chi connectivity index (χ4n) is 7.13. The third-order valence-corrected chi connectivity index (χ3v) is 7.89. The molecular formula is C23H29N3. The fraction of sp³-hybridized carbons (Fsp3) is 0.565. The Labute approximate surface area is 156 Å². The molecule has 26 heavy (non-hydrogen) atoms. The molecule has 1 aliphatic carbocycles. The Morgan fingerprint density at radius 3 is 2.96 bits per heavy atom. The number of hydrogen-bond donors (Lipinski definition) is 1. The molecule has 0 amide bonds. The number of aromatic amines is 1. The van der Waals surface area contributed by atoms with Crippen molar-refractivity contribution >= 4 is 10.9 Å². The van der Waals surface area contributed by atoms with E-state index in [1.165, 1.54) is 56.1 Å². The fourth-order valence-corrected chi connectivity index (χ4v) is 7.13. The summed E-state index contributed by atoms with van der Waals surface area (Å²) < 4.78 is 0. The van der Waals surface area contributed by atoms with Crippen LogP contribution in [0.15, 0.2) is 36.9 Å². The molecule has 2 bridgehead atoms. The summed E-state index contributed by atoms with van der Waals surface area (Å²) in [5.41, 5.74) is 4.50. The highest BCUT2D eigenvalue weighted by atomic mass is 15.3. The number of likely N-dealkylation sites (tertiary alicyclic amines) is 1. The zero-order valence-corrected chi connectivity index (χ0v) is 15.5. The number of hydrogen-bond acceptors (Lipinski definition) is 2. The minimum Gasteiger partial charge on any atom is -0.357 e. The highest BCUT2D eigenvalue weighted by molar-refractivity contribution is 5.85. The summed E-state index contributed by atoms with van der Waals surface area (Å²) in [5.74, 6) is 1.65. The third kappa shape index (κ3) is 1.96. The van der Waals surface area contributed by atoms with E-state index < -0.39 is 0 Å². The van der Waals surface area contributed by atoms with Crippen molar-refractivity contribution in [3.8, 4) is 0 Å². The number of piperidine rings is 3. The van der Waals surface area contributed by atoms with Crippen molar-refractivity contribution in [2.24, 2.45) is 11.8 Å². The van der Waals surface area contributed by atoms with Crippen LogP contribution in [0.25, 0.3) is 10.9 Å². The van der Waals surface area contributed by atoms with E-state index in [1.54, 1.807) is 11.3 Å². The number of para-hydroxylation sites is 1. The molecule has 5 aliphatic rings. The standard InChI is InChI=1S/C23H29N3/c1-2-12-25-13-5-7-17-20-10-9-18(22(17)25)23-21-16(11-14-26(20)23)15-6-3-4-8-19(15)24-21/h2-4,6,8,17-18,20,22-24H,1,5,7,9-14H2/t17-,18-,20-,22-,23+/m0/s1. The lowest BCUT2D eigenvalue weighted by Gasteiger charge is -2.63. The molecule has 1 aromatic carbocycles. The third-order valence-electron chi connectivity index (χ3n) is 7.89. The van der Waals surface area contributed by atoms with E-state index in [-0.39, 0.29) is 0 Å². The molecule has 0 spiro atoms. The second kappa shape index (κ2) is 5.71. The first-order valence-corrected chi connectivity index (χ1v) is 10.6. The van der Waals surface area contributed by atoms with Crippen LogP contribution in [0.5, 0.6) is 0 Å². The Morgan fingerprint density at radius 1 is 1.12 bits per heavy atom. The van der Waals surface area contributed by atoms with Gasteiger partial charge < -0.3 is 4.98 Å². The van der Waals surface area contributed by atoms with Crippen molar-refractivity contribution < 1.29 is 0 Å². The van der Waals surface area contributed by atoms with Crippen LogP contribution in [0.2, 0.25) is 0 Å². The molecule has 2 aromatic rings. The second-order valence-corrected chi connectivity index (χ2v) is 8.88. The number of rotatable bonds is 2. The van der Waals surface area contributed by atoms with Gasteiger partial charge in [0.2, 0.25) is 0 Å². The zero-order chi connectivity index (χ0) is 17.3.